The Kier molecular flexibility index (Phi) is 6.41. The van der Waals surface area contributed by atoms with Crippen LogP contribution in [0.1, 0.15) is 18.4 Å². The minimum atomic E-state index is -0.833. The first-order chi connectivity index (χ1) is 8.18. The summed E-state index contributed by atoms with van der Waals surface area (Å²) in [4.78, 5) is 9.00. The Morgan fingerprint density at radius 2 is 1.82 bits per heavy atom. The Balaban J connectivity index is 0.000000317. The number of rotatable bonds is 2. The van der Waals surface area contributed by atoms with Crippen molar-refractivity contribution >= 4 is 13.7 Å². The van der Waals surface area contributed by atoms with Gasteiger partial charge in [0.05, 0.1) is 0 Å². The second-order valence-corrected chi connectivity index (χ2v) is 4.40. The molecule has 1 aliphatic rings. The summed E-state index contributed by atoms with van der Waals surface area (Å²) in [5.74, 6) is 0.0728. The van der Waals surface area contributed by atoms with Crippen LogP contribution in [0, 0.1) is 5.92 Å². The molecular weight excluding hydrogens is 213 g/mol. The SMILES string of the molecule is BC(=O)O.c1ccc(CC2CCNCC2)cc1. The van der Waals surface area contributed by atoms with Crippen molar-refractivity contribution in [3.63, 3.8) is 0 Å². The maximum Gasteiger partial charge on any atom is 0.242 e. The Morgan fingerprint density at radius 3 is 2.35 bits per heavy atom. The first-order valence-electron chi connectivity index (χ1n) is 6.12. The zero-order chi connectivity index (χ0) is 12.5. The Morgan fingerprint density at radius 1 is 1.29 bits per heavy atom. The van der Waals surface area contributed by atoms with Crippen molar-refractivity contribution in [1.82, 2.24) is 5.32 Å². The average molecular weight is 233 g/mol. The van der Waals surface area contributed by atoms with Crippen molar-refractivity contribution < 1.29 is 9.90 Å². The number of nitrogens with one attached hydrogen (secondary N) is 1. The van der Waals surface area contributed by atoms with Gasteiger partial charge in [0.1, 0.15) is 0 Å². The fourth-order valence-corrected chi connectivity index (χ4v) is 2.03. The highest BCUT2D eigenvalue weighted by atomic mass is 16.4. The Labute approximate surface area is 104 Å². The molecule has 1 aromatic rings. The van der Waals surface area contributed by atoms with E-state index < -0.39 is 5.87 Å². The van der Waals surface area contributed by atoms with Gasteiger partial charge in [-0.1, -0.05) is 30.3 Å². The van der Waals surface area contributed by atoms with Crippen LogP contribution in [0.15, 0.2) is 30.3 Å². The lowest BCUT2D eigenvalue weighted by atomic mass is 9.91. The predicted octanol–water partition coefficient (Wildman–Crippen LogP) is 1.53. The van der Waals surface area contributed by atoms with Gasteiger partial charge in [-0.25, -0.2) is 0 Å². The van der Waals surface area contributed by atoms with E-state index in [0.717, 1.165) is 13.8 Å². The molecule has 0 amide bonds. The molecule has 1 aliphatic heterocycles. The molecule has 0 saturated carbocycles. The van der Waals surface area contributed by atoms with Crippen molar-refractivity contribution in [3.8, 4) is 0 Å². The minimum absolute atomic E-state index is 0.833. The predicted molar refractivity (Wildman–Crippen MR) is 72.3 cm³/mol. The molecule has 92 valence electrons. The largest absolute Gasteiger partial charge is 0.490 e. The second-order valence-electron chi connectivity index (χ2n) is 4.40. The van der Waals surface area contributed by atoms with Gasteiger partial charge in [0.25, 0.3) is 0 Å². The van der Waals surface area contributed by atoms with Gasteiger partial charge < -0.3 is 10.4 Å². The van der Waals surface area contributed by atoms with Gasteiger partial charge in [-0.3, -0.25) is 4.79 Å². The molecule has 1 heterocycles. The van der Waals surface area contributed by atoms with Crippen LogP contribution in [0.25, 0.3) is 0 Å². The van der Waals surface area contributed by atoms with Gasteiger partial charge >= 0.3 is 0 Å². The van der Waals surface area contributed by atoms with Crippen molar-refractivity contribution in [1.29, 1.82) is 0 Å². The zero-order valence-corrected chi connectivity index (χ0v) is 10.4. The number of piperidine rings is 1. The summed E-state index contributed by atoms with van der Waals surface area (Å²) in [5, 5.41) is 10.8. The van der Waals surface area contributed by atoms with Crippen LogP contribution in [0.5, 0.6) is 0 Å². The molecule has 1 aromatic carbocycles. The molecule has 4 heteroatoms. The highest BCUT2D eigenvalue weighted by Gasteiger charge is 2.12. The first kappa shape index (κ1) is 13.8. The lowest BCUT2D eigenvalue weighted by Crippen LogP contribution is -2.28. The van der Waals surface area contributed by atoms with Crippen molar-refractivity contribution in [2.24, 2.45) is 5.92 Å². The smallest absolute Gasteiger partial charge is 0.242 e. The fraction of sp³-hybridized carbons (Fsp3) is 0.462. The van der Waals surface area contributed by atoms with Crippen LogP contribution in [0.4, 0.5) is 4.79 Å². The van der Waals surface area contributed by atoms with Gasteiger partial charge in [0, 0.05) is 0 Å². The van der Waals surface area contributed by atoms with E-state index in [1.165, 1.54) is 37.9 Å². The molecule has 0 radical (unpaired) electrons. The Bertz CT molecular complexity index is 319. The van der Waals surface area contributed by atoms with Crippen LogP contribution in [-0.2, 0) is 6.42 Å². The number of carboxylic acid groups (broad SMARTS) is 1. The molecule has 17 heavy (non-hydrogen) atoms. The van der Waals surface area contributed by atoms with Crippen molar-refractivity contribution in [2.75, 3.05) is 13.1 Å². The summed E-state index contributed by atoms with van der Waals surface area (Å²) in [6, 6.07) is 10.8. The maximum absolute atomic E-state index is 9.00. The third kappa shape index (κ3) is 6.79. The quantitative estimate of drug-likeness (QED) is 0.761. The fourth-order valence-electron chi connectivity index (χ4n) is 2.03. The van der Waals surface area contributed by atoms with Crippen LogP contribution in [0.2, 0.25) is 0 Å². The zero-order valence-electron chi connectivity index (χ0n) is 10.4. The van der Waals surface area contributed by atoms with E-state index in [0.29, 0.717) is 0 Å². The molecule has 0 bridgehead atoms. The molecule has 1 fully saturated rings. The molecule has 0 aliphatic carbocycles. The standard InChI is InChI=1S/C12H17N.CH3BO2/c1-2-4-11(5-3-1)10-12-6-8-13-9-7-12;2-1(3)4/h1-5,12-13H,6-10H2;2H2,(H,3,4). The summed E-state index contributed by atoms with van der Waals surface area (Å²) in [5.41, 5.74) is 1.49. The second kappa shape index (κ2) is 7.90. The topological polar surface area (TPSA) is 49.3 Å². The number of hydrogen-bond acceptors (Lipinski definition) is 2. The molecule has 0 aromatic heterocycles. The number of hydrogen-bond donors (Lipinski definition) is 2. The van der Waals surface area contributed by atoms with Crippen LogP contribution in [-0.4, -0.2) is 31.9 Å². The number of benzene rings is 1. The van der Waals surface area contributed by atoms with E-state index in [2.05, 4.69) is 35.6 Å². The molecule has 0 atom stereocenters. The highest BCUT2D eigenvalue weighted by Crippen LogP contribution is 2.17. The monoisotopic (exact) mass is 233 g/mol. The van der Waals surface area contributed by atoms with E-state index >= 15 is 0 Å². The molecule has 3 nitrogen and oxygen atoms in total. The van der Waals surface area contributed by atoms with Crippen molar-refractivity contribution in [2.45, 2.75) is 19.3 Å². The highest BCUT2D eigenvalue weighted by molar-refractivity contribution is 6.54. The molecule has 1 saturated heterocycles. The van der Waals surface area contributed by atoms with Crippen LogP contribution in [0.3, 0.4) is 0 Å². The summed E-state index contributed by atoms with van der Waals surface area (Å²) in [6.07, 6.45) is 3.95. The summed E-state index contributed by atoms with van der Waals surface area (Å²) in [6.45, 7) is 2.41. The Hall–Kier alpha value is -1.29. The molecule has 0 unspecified atom stereocenters. The molecule has 2 N–H and O–H groups in total. The lowest BCUT2D eigenvalue weighted by molar-refractivity contribution is 0.220. The molecular formula is C13H20BNO2. The van der Waals surface area contributed by atoms with Crippen molar-refractivity contribution in [3.05, 3.63) is 35.9 Å². The third-order valence-corrected chi connectivity index (χ3v) is 2.83. The summed E-state index contributed by atoms with van der Waals surface area (Å²) in [7, 11) is 1.08. The van der Waals surface area contributed by atoms with E-state index in [1.54, 1.807) is 0 Å². The molecule has 2 rings (SSSR count). The van der Waals surface area contributed by atoms with E-state index in [-0.39, 0.29) is 0 Å². The van der Waals surface area contributed by atoms with E-state index in [1.807, 2.05) is 0 Å². The van der Waals surface area contributed by atoms with Gasteiger partial charge in [-0.2, -0.15) is 0 Å². The summed E-state index contributed by atoms with van der Waals surface area (Å²) < 4.78 is 0. The molecule has 0 spiro atoms. The number of carbonyl (C=O) groups is 1. The van der Waals surface area contributed by atoms with E-state index in [4.69, 9.17) is 9.90 Å². The van der Waals surface area contributed by atoms with Gasteiger partial charge in [0.2, 0.25) is 13.7 Å². The maximum atomic E-state index is 9.00. The summed E-state index contributed by atoms with van der Waals surface area (Å²) >= 11 is 0. The third-order valence-electron chi connectivity index (χ3n) is 2.83. The van der Waals surface area contributed by atoms with Crippen LogP contribution < -0.4 is 5.32 Å². The average Bonchev–Trinajstić information content (AvgIpc) is 2.31. The van der Waals surface area contributed by atoms with Gasteiger partial charge in [-0.05, 0) is 43.8 Å². The van der Waals surface area contributed by atoms with Crippen LogP contribution >= 0.6 is 0 Å². The first-order valence-corrected chi connectivity index (χ1v) is 6.12. The van der Waals surface area contributed by atoms with Gasteiger partial charge in [0.15, 0.2) is 0 Å². The normalized spacial score (nSPS) is 15.8. The van der Waals surface area contributed by atoms with Gasteiger partial charge in [-0.15, -0.1) is 0 Å². The minimum Gasteiger partial charge on any atom is -0.490 e. The lowest BCUT2D eigenvalue weighted by Gasteiger charge is -2.22. The van der Waals surface area contributed by atoms with E-state index in [9.17, 15) is 0 Å².